The smallest absolute Gasteiger partial charge is 0.241 e. The molecule has 1 aromatic carbocycles. The Hall–Kier alpha value is -1.82. The van der Waals surface area contributed by atoms with Crippen LogP contribution in [0.5, 0.6) is 0 Å². The van der Waals surface area contributed by atoms with E-state index in [0.29, 0.717) is 0 Å². The van der Waals surface area contributed by atoms with Gasteiger partial charge in [-0.3, -0.25) is 4.79 Å². The van der Waals surface area contributed by atoms with E-state index < -0.39 is 17.8 Å². The molecule has 0 aliphatic heterocycles. The van der Waals surface area contributed by atoms with Crippen LogP contribution in [0.4, 0.5) is 10.1 Å². The zero-order chi connectivity index (χ0) is 13.5. The van der Waals surface area contributed by atoms with Gasteiger partial charge in [-0.2, -0.15) is 0 Å². The number of anilines is 1. The summed E-state index contributed by atoms with van der Waals surface area (Å²) in [5.41, 5.74) is 13.8. The zero-order valence-electron chi connectivity index (χ0n) is 9.31. The van der Waals surface area contributed by atoms with Gasteiger partial charge in [0.1, 0.15) is 5.82 Å². The highest BCUT2D eigenvalue weighted by Gasteiger charge is 2.14. The average Bonchev–Trinajstić information content (AvgIpc) is 2.34. The van der Waals surface area contributed by atoms with E-state index in [0.717, 1.165) is 6.07 Å². The van der Waals surface area contributed by atoms with Gasteiger partial charge in [-0.25, -0.2) is 4.39 Å². The second-order valence-corrected chi connectivity index (χ2v) is 3.87. The third kappa shape index (κ3) is 4.21. The van der Waals surface area contributed by atoms with Crippen molar-refractivity contribution < 1.29 is 9.18 Å². The summed E-state index contributed by atoms with van der Waals surface area (Å²) >= 11 is 5.78. The van der Waals surface area contributed by atoms with E-state index in [2.05, 4.69) is 15.3 Å². The van der Waals surface area contributed by atoms with Crippen LogP contribution in [-0.2, 0) is 4.79 Å². The van der Waals surface area contributed by atoms with Crippen LogP contribution in [0.1, 0.15) is 6.42 Å². The molecule has 0 unspecified atom stereocenters. The highest BCUT2D eigenvalue weighted by Crippen LogP contribution is 2.22. The predicted molar refractivity (Wildman–Crippen MR) is 66.6 cm³/mol. The number of azide groups is 1. The van der Waals surface area contributed by atoms with E-state index in [-0.39, 0.29) is 23.7 Å². The largest absolute Gasteiger partial charge is 0.323 e. The maximum Gasteiger partial charge on any atom is 0.241 e. The standard InChI is InChI=1S/C10H11ClFN5O/c11-7-2-1-6(12)5-9(7)16-10(18)8(13)3-4-15-17-14/h1-2,5,8H,3-4,13H2,(H,16,18)/t8-/m0/s1. The topological polar surface area (TPSA) is 104 Å². The van der Waals surface area contributed by atoms with Gasteiger partial charge < -0.3 is 11.1 Å². The summed E-state index contributed by atoms with van der Waals surface area (Å²) in [4.78, 5) is 14.2. The maximum absolute atomic E-state index is 13.0. The van der Waals surface area contributed by atoms with Crippen LogP contribution in [-0.4, -0.2) is 18.5 Å². The molecule has 8 heteroatoms. The summed E-state index contributed by atoms with van der Waals surface area (Å²) in [6.07, 6.45) is 0.197. The Bertz CT molecular complexity index is 489. The summed E-state index contributed by atoms with van der Waals surface area (Å²) < 4.78 is 13.0. The zero-order valence-corrected chi connectivity index (χ0v) is 10.1. The number of nitrogens with two attached hydrogens (primary N) is 1. The minimum atomic E-state index is -0.852. The molecule has 18 heavy (non-hydrogen) atoms. The van der Waals surface area contributed by atoms with E-state index in [4.69, 9.17) is 22.9 Å². The Labute approximate surface area is 108 Å². The summed E-state index contributed by atoms with van der Waals surface area (Å²) in [6, 6.07) is 2.76. The van der Waals surface area contributed by atoms with Crippen molar-refractivity contribution in [3.8, 4) is 0 Å². The molecule has 0 bridgehead atoms. The maximum atomic E-state index is 13.0. The Balaban J connectivity index is 2.63. The number of nitrogens with zero attached hydrogens (tertiary/aromatic N) is 3. The number of hydrogen-bond acceptors (Lipinski definition) is 3. The molecule has 0 radical (unpaired) electrons. The average molecular weight is 272 g/mol. The highest BCUT2D eigenvalue weighted by atomic mass is 35.5. The summed E-state index contributed by atoms with van der Waals surface area (Å²) in [6.45, 7) is 0.113. The molecule has 0 spiro atoms. The van der Waals surface area contributed by atoms with E-state index in [1.54, 1.807) is 0 Å². The molecule has 1 aromatic rings. The van der Waals surface area contributed by atoms with Crippen molar-refractivity contribution in [1.29, 1.82) is 0 Å². The minimum Gasteiger partial charge on any atom is -0.323 e. The second-order valence-electron chi connectivity index (χ2n) is 3.46. The number of nitrogens with one attached hydrogen (secondary N) is 1. The monoisotopic (exact) mass is 271 g/mol. The van der Waals surface area contributed by atoms with Crippen LogP contribution < -0.4 is 11.1 Å². The molecule has 0 saturated carbocycles. The van der Waals surface area contributed by atoms with Gasteiger partial charge in [0.05, 0.1) is 16.8 Å². The van der Waals surface area contributed by atoms with Crippen LogP contribution in [0, 0.1) is 5.82 Å². The van der Waals surface area contributed by atoms with Gasteiger partial charge in [-0.1, -0.05) is 16.7 Å². The van der Waals surface area contributed by atoms with Crippen LogP contribution >= 0.6 is 11.6 Å². The van der Waals surface area contributed by atoms with Crippen molar-refractivity contribution in [2.24, 2.45) is 10.8 Å². The number of halogens is 2. The summed E-state index contributed by atoms with van der Waals surface area (Å²) in [7, 11) is 0. The SMILES string of the molecule is [N-]=[N+]=NCC[C@H](N)C(=O)Nc1cc(F)ccc1Cl. The molecule has 6 nitrogen and oxygen atoms in total. The van der Waals surface area contributed by atoms with Crippen LogP contribution in [0.2, 0.25) is 5.02 Å². The van der Waals surface area contributed by atoms with Gasteiger partial charge in [-0.15, -0.1) is 0 Å². The minimum absolute atomic E-state index is 0.113. The summed E-state index contributed by atoms with van der Waals surface area (Å²) in [5.74, 6) is -1.03. The van der Waals surface area contributed by atoms with Gasteiger partial charge in [0.25, 0.3) is 0 Å². The molecular weight excluding hydrogens is 261 g/mol. The molecular formula is C10H11ClFN5O. The third-order valence-electron chi connectivity index (χ3n) is 2.13. The lowest BCUT2D eigenvalue weighted by Crippen LogP contribution is -2.36. The Kier molecular flexibility index (Phi) is 5.38. The molecule has 0 aliphatic carbocycles. The highest BCUT2D eigenvalue weighted by molar-refractivity contribution is 6.33. The number of rotatable bonds is 5. The number of benzene rings is 1. The van der Waals surface area contributed by atoms with E-state index in [1.165, 1.54) is 12.1 Å². The predicted octanol–water partition coefficient (Wildman–Crippen LogP) is 2.45. The molecule has 0 saturated heterocycles. The normalized spacial score (nSPS) is 11.5. The van der Waals surface area contributed by atoms with Gasteiger partial charge >= 0.3 is 0 Å². The van der Waals surface area contributed by atoms with Crippen LogP contribution in [0.25, 0.3) is 10.4 Å². The second kappa shape index (κ2) is 6.80. The fourth-order valence-electron chi connectivity index (χ4n) is 1.19. The van der Waals surface area contributed by atoms with Crippen molar-refractivity contribution in [3.05, 3.63) is 39.5 Å². The quantitative estimate of drug-likeness (QED) is 0.488. The number of carbonyl (C=O) groups excluding carboxylic acids is 1. The Morgan fingerprint density at radius 3 is 3.06 bits per heavy atom. The van der Waals surface area contributed by atoms with Crippen molar-refractivity contribution in [3.63, 3.8) is 0 Å². The third-order valence-corrected chi connectivity index (χ3v) is 2.46. The molecule has 0 fully saturated rings. The van der Waals surface area contributed by atoms with Crippen LogP contribution in [0.15, 0.2) is 23.3 Å². The van der Waals surface area contributed by atoms with E-state index >= 15 is 0 Å². The van der Waals surface area contributed by atoms with Crippen molar-refractivity contribution in [2.45, 2.75) is 12.5 Å². The fraction of sp³-hybridized carbons (Fsp3) is 0.300. The summed E-state index contributed by atoms with van der Waals surface area (Å²) in [5, 5.41) is 5.89. The Morgan fingerprint density at radius 1 is 1.67 bits per heavy atom. The van der Waals surface area contributed by atoms with Gasteiger partial charge in [0.2, 0.25) is 5.91 Å². The molecule has 3 N–H and O–H groups in total. The number of hydrogen-bond donors (Lipinski definition) is 2. The first kappa shape index (κ1) is 14.2. The van der Waals surface area contributed by atoms with Crippen LogP contribution in [0.3, 0.4) is 0 Å². The molecule has 0 aliphatic rings. The van der Waals surface area contributed by atoms with Crippen molar-refractivity contribution >= 4 is 23.2 Å². The Morgan fingerprint density at radius 2 is 2.39 bits per heavy atom. The van der Waals surface area contributed by atoms with Crippen molar-refractivity contribution in [1.82, 2.24) is 0 Å². The molecule has 1 amide bonds. The van der Waals surface area contributed by atoms with Gasteiger partial charge in [0, 0.05) is 11.5 Å². The lowest BCUT2D eigenvalue weighted by molar-refractivity contribution is -0.117. The first-order chi connectivity index (χ1) is 8.54. The molecule has 0 aromatic heterocycles. The fourth-order valence-corrected chi connectivity index (χ4v) is 1.36. The number of amides is 1. The first-order valence-electron chi connectivity index (χ1n) is 5.07. The molecule has 0 heterocycles. The molecule has 1 rings (SSSR count). The van der Waals surface area contributed by atoms with E-state index in [1.807, 2.05) is 0 Å². The van der Waals surface area contributed by atoms with E-state index in [9.17, 15) is 9.18 Å². The molecule has 1 atom stereocenters. The first-order valence-corrected chi connectivity index (χ1v) is 5.44. The molecule has 96 valence electrons. The van der Waals surface area contributed by atoms with Gasteiger partial charge in [0.15, 0.2) is 0 Å². The lowest BCUT2D eigenvalue weighted by atomic mass is 10.2. The lowest BCUT2D eigenvalue weighted by Gasteiger charge is -2.12. The van der Waals surface area contributed by atoms with Gasteiger partial charge in [-0.05, 0) is 30.2 Å². The van der Waals surface area contributed by atoms with Crippen molar-refractivity contribution in [2.75, 3.05) is 11.9 Å². The number of carbonyl (C=O) groups is 1.